The van der Waals surface area contributed by atoms with E-state index in [1.165, 1.54) is 40.3 Å². The quantitative estimate of drug-likeness (QED) is 0.561. The molecular weight excluding hydrogens is 444 g/mol. The van der Waals surface area contributed by atoms with Crippen molar-refractivity contribution in [1.82, 2.24) is 10.4 Å². The molecule has 2 aromatic carbocycles. The van der Waals surface area contributed by atoms with Crippen LogP contribution in [0.2, 0.25) is 0 Å². The molecule has 1 fully saturated rings. The van der Waals surface area contributed by atoms with Crippen molar-refractivity contribution < 1.29 is 23.9 Å². The third-order valence-electron chi connectivity index (χ3n) is 4.82. The van der Waals surface area contributed by atoms with Gasteiger partial charge in [0, 0.05) is 25.1 Å². The van der Waals surface area contributed by atoms with Crippen molar-refractivity contribution in [3.8, 4) is 0 Å². The largest absolute Gasteiger partial charge is 0.456 e. The SMILES string of the molecule is CC(=O)N(c1ccccc1)c1nc(COC(=O)c2ccc(N3NC(=O)CCC3=O)cc2)cs1. The summed E-state index contributed by atoms with van der Waals surface area (Å²) in [4.78, 5) is 54.0. The number of benzene rings is 2. The second kappa shape index (κ2) is 9.61. The Morgan fingerprint density at radius 1 is 1.09 bits per heavy atom. The number of carbonyl (C=O) groups is 4. The summed E-state index contributed by atoms with van der Waals surface area (Å²) in [6.45, 7) is 1.40. The van der Waals surface area contributed by atoms with Crippen molar-refractivity contribution >= 4 is 51.5 Å². The third kappa shape index (κ3) is 5.07. The highest BCUT2D eigenvalue weighted by atomic mass is 32.1. The minimum Gasteiger partial charge on any atom is -0.456 e. The molecule has 0 unspecified atom stereocenters. The smallest absolute Gasteiger partial charge is 0.338 e. The first-order valence-electron chi connectivity index (χ1n) is 10.1. The van der Waals surface area contributed by atoms with Gasteiger partial charge in [-0.3, -0.25) is 24.7 Å². The standard InChI is InChI=1S/C23H20N4O5S/c1-15(28)26(18-5-3-2-4-6-18)23-24-17(14-33-23)13-32-22(31)16-7-9-19(10-8-16)27-21(30)12-11-20(29)25-27/h2-10,14H,11-13H2,1H3,(H,25,29). The van der Waals surface area contributed by atoms with Crippen molar-refractivity contribution in [2.75, 3.05) is 9.91 Å². The monoisotopic (exact) mass is 464 g/mol. The summed E-state index contributed by atoms with van der Waals surface area (Å²) in [5.74, 6) is -1.20. The molecule has 0 atom stereocenters. The lowest BCUT2D eigenvalue weighted by molar-refractivity contribution is -0.130. The fourth-order valence-corrected chi connectivity index (χ4v) is 4.09. The molecule has 1 aromatic heterocycles. The van der Waals surface area contributed by atoms with E-state index in [2.05, 4.69) is 10.4 Å². The lowest BCUT2D eigenvalue weighted by Gasteiger charge is -2.27. The zero-order valence-corrected chi connectivity index (χ0v) is 18.5. The molecule has 2 heterocycles. The Morgan fingerprint density at radius 2 is 1.82 bits per heavy atom. The van der Waals surface area contributed by atoms with Crippen molar-refractivity contribution in [3.63, 3.8) is 0 Å². The highest BCUT2D eigenvalue weighted by molar-refractivity contribution is 7.14. The predicted octanol–water partition coefficient (Wildman–Crippen LogP) is 3.34. The number of hydrogen-bond acceptors (Lipinski definition) is 7. The molecule has 3 amide bonds. The summed E-state index contributed by atoms with van der Waals surface area (Å²) in [6, 6.07) is 15.3. The van der Waals surface area contributed by atoms with Gasteiger partial charge in [0.15, 0.2) is 5.13 Å². The van der Waals surface area contributed by atoms with Gasteiger partial charge in [0.1, 0.15) is 6.61 Å². The van der Waals surface area contributed by atoms with E-state index in [0.717, 1.165) is 0 Å². The van der Waals surface area contributed by atoms with Crippen molar-refractivity contribution in [2.24, 2.45) is 0 Å². The number of nitrogens with one attached hydrogen (secondary N) is 1. The third-order valence-corrected chi connectivity index (χ3v) is 5.70. The van der Waals surface area contributed by atoms with Crippen LogP contribution in [0.15, 0.2) is 60.0 Å². The summed E-state index contributed by atoms with van der Waals surface area (Å²) in [6.07, 6.45) is 0.296. The number of thiazole rings is 1. The molecule has 1 aliphatic rings. The van der Waals surface area contributed by atoms with Crippen molar-refractivity contribution in [2.45, 2.75) is 26.4 Å². The van der Waals surface area contributed by atoms with Gasteiger partial charge in [-0.1, -0.05) is 18.2 Å². The maximum Gasteiger partial charge on any atom is 0.338 e. The van der Waals surface area contributed by atoms with E-state index in [1.807, 2.05) is 30.3 Å². The first-order valence-corrected chi connectivity index (χ1v) is 11.0. The average molecular weight is 465 g/mol. The van der Waals surface area contributed by atoms with Gasteiger partial charge in [-0.05, 0) is 36.4 Å². The molecule has 0 bridgehead atoms. The fraction of sp³-hybridized carbons (Fsp3) is 0.174. The first-order chi connectivity index (χ1) is 15.9. The second-order valence-electron chi connectivity index (χ2n) is 7.20. The Kier molecular flexibility index (Phi) is 6.45. The van der Waals surface area contributed by atoms with Crippen LogP contribution in [0.4, 0.5) is 16.5 Å². The molecule has 4 rings (SSSR count). The maximum atomic E-state index is 12.4. The first kappa shape index (κ1) is 22.2. The van der Waals surface area contributed by atoms with Gasteiger partial charge in [-0.25, -0.2) is 14.8 Å². The number of esters is 1. The van der Waals surface area contributed by atoms with Crippen LogP contribution in [0.25, 0.3) is 0 Å². The fourth-order valence-electron chi connectivity index (χ4n) is 3.22. The van der Waals surface area contributed by atoms with Crippen LogP contribution in [0, 0.1) is 0 Å². The van der Waals surface area contributed by atoms with Crippen LogP contribution in [0.5, 0.6) is 0 Å². The highest BCUT2D eigenvalue weighted by Gasteiger charge is 2.24. The van der Waals surface area contributed by atoms with Crippen LogP contribution < -0.4 is 15.3 Å². The predicted molar refractivity (Wildman–Crippen MR) is 122 cm³/mol. The number of rotatable bonds is 6. The zero-order chi connectivity index (χ0) is 23.4. The van der Waals surface area contributed by atoms with Crippen LogP contribution >= 0.6 is 11.3 Å². The Morgan fingerprint density at radius 3 is 2.52 bits per heavy atom. The number of carbonyl (C=O) groups excluding carboxylic acids is 4. The number of ether oxygens (including phenoxy) is 1. The van der Waals surface area contributed by atoms with E-state index in [0.29, 0.717) is 27.8 Å². The van der Waals surface area contributed by atoms with Gasteiger partial charge in [-0.2, -0.15) is 0 Å². The molecule has 9 nitrogen and oxygen atoms in total. The van der Waals surface area contributed by atoms with Crippen molar-refractivity contribution in [1.29, 1.82) is 0 Å². The van der Waals surface area contributed by atoms with Gasteiger partial charge < -0.3 is 4.74 Å². The molecule has 1 aliphatic heterocycles. The van der Waals surface area contributed by atoms with Gasteiger partial charge >= 0.3 is 5.97 Å². The lowest BCUT2D eigenvalue weighted by atomic mass is 10.2. The normalized spacial score (nSPS) is 13.4. The Labute approximate surface area is 193 Å². The molecule has 168 valence electrons. The summed E-state index contributed by atoms with van der Waals surface area (Å²) >= 11 is 1.28. The molecule has 0 radical (unpaired) electrons. The minimum atomic E-state index is -0.559. The number of aromatic nitrogens is 1. The molecule has 0 spiro atoms. The molecule has 3 aromatic rings. The molecule has 1 N–H and O–H groups in total. The molecule has 0 aliphatic carbocycles. The van der Waals surface area contributed by atoms with E-state index in [9.17, 15) is 19.2 Å². The number of hydrogen-bond donors (Lipinski definition) is 1. The van der Waals surface area contributed by atoms with E-state index >= 15 is 0 Å². The topological polar surface area (TPSA) is 109 Å². The van der Waals surface area contributed by atoms with Crippen LogP contribution in [-0.4, -0.2) is 28.7 Å². The van der Waals surface area contributed by atoms with E-state index in [4.69, 9.17) is 4.74 Å². The number of anilines is 3. The number of amides is 3. The number of para-hydroxylation sites is 1. The van der Waals surface area contributed by atoms with Gasteiger partial charge in [-0.15, -0.1) is 11.3 Å². The van der Waals surface area contributed by atoms with Gasteiger partial charge in [0.25, 0.3) is 0 Å². The number of nitrogens with zero attached hydrogens (tertiary/aromatic N) is 3. The minimum absolute atomic E-state index is 0.0573. The van der Waals surface area contributed by atoms with Gasteiger partial charge in [0.05, 0.1) is 22.6 Å². The van der Waals surface area contributed by atoms with E-state index < -0.39 is 5.97 Å². The number of hydrazine groups is 1. The molecule has 33 heavy (non-hydrogen) atoms. The Balaban J connectivity index is 1.39. The average Bonchev–Trinajstić information content (AvgIpc) is 3.28. The zero-order valence-electron chi connectivity index (χ0n) is 17.7. The van der Waals surface area contributed by atoms with E-state index in [1.54, 1.807) is 17.5 Å². The molecule has 10 heteroatoms. The van der Waals surface area contributed by atoms with Crippen LogP contribution in [-0.2, 0) is 25.7 Å². The molecule has 0 saturated carbocycles. The Bertz CT molecular complexity index is 1190. The second-order valence-corrected chi connectivity index (χ2v) is 8.04. The Hall–Kier alpha value is -4.05. The van der Waals surface area contributed by atoms with Crippen molar-refractivity contribution in [3.05, 3.63) is 71.2 Å². The van der Waals surface area contributed by atoms with Crippen LogP contribution in [0.1, 0.15) is 35.8 Å². The maximum absolute atomic E-state index is 12.4. The van der Waals surface area contributed by atoms with Gasteiger partial charge in [0.2, 0.25) is 17.7 Å². The molecular formula is C23H20N4O5S. The summed E-state index contributed by atoms with van der Waals surface area (Å²) in [7, 11) is 0. The highest BCUT2D eigenvalue weighted by Crippen LogP contribution is 2.29. The summed E-state index contributed by atoms with van der Waals surface area (Å²) in [5.41, 5.74) is 4.47. The lowest BCUT2D eigenvalue weighted by Crippen LogP contribution is -2.50. The van der Waals surface area contributed by atoms with E-state index in [-0.39, 0.29) is 37.2 Å². The molecule has 1 saturated heterocycles. The van der Waals surface area contributed by atoms with Crippen LogP contribution in [0.3, 0.4) is 0 Å². The summed E-state index contributed by atoms with van der Waals surface area (Å²) in [5, 5.41) is 3.39. The summed E-state index contributed by atoms with van der Waals surface area (Å²) < 4.78 is 5.35.